The van der Waals surface area contributed by atoms with Crippen molar-refractivity contribution in [3.05, 3.63) is 58.1 Å². The number of nitrogens with one attached hydrogen (secondary N) is 4. The number of hydrazine groups is 1. The minimum Gasteiger partial charge on any atom is -0.493 e. The average Bonchev–Trinajstić information content (AvgIpc) is 2.81. The molecule has 0 fully saturated rings. The summed E-state index contributed by atoms with van der Waals surface area (Å²) in [5.74, 6) is -0.336. The Kier molecular flexibility index (Phi) is 10.6. The second-order valence-electron chi connectivity index (χ2n) is 6.61. The molecule has 2 rings (SSSR count). The van der Waals surface area contributed by atoms with Gasteiger partial charge in [0, 0.05) is 23.9 Å². The fourth-order valence-corrected chi connectivity index (χ4v) is 3.14. The predicted molar refractivity (Wildman–Crippen MR) is 135 cm³/mol. The summed E-state index contributed by atoms with van der Waals surface area (Å²) in [6, 6.07) is 9.80. The van der Waals surface area contributed by atoms with Crippen molar-refractivity contribution in [1.82, 2.24) is 16.2 Å². The number of anilines is 1. The second kappa shape index (κ2) is 13.4. The molecule has 12 heteroatoms. The molecule has 0 aliphatic rings. The zero-order valence-electron chi connectivity index (χ0n) is 18.2. The average molecular weight is 525 g/mol. The minimum atomic E-state index is -0.513. The molecule has 2 aromatic rings. The minimum absolute atomic E-state index is 0.0976. The summed E-state index contributed by atoms with van der Waals surface area (Å²) >= 11 is 16.8. The first-order chi connectivity index (χ1) is 16.2. The molecule has 0 saturated heterocycles. The molecule has 2 aromatic carbocycles. The Bertz CT molecular complexity index is 1110. The highest BCUT2D eigenvalue weighted by molar-refractivity contribution is 7.80. The van der Waals surface area contributed by atoms with E-state index in [4.69, 9.17) is 44.9 Å². The maximum Gasteiger partial charge on any atom is 0.250 e. The first kappa shape index (κ1) is 26.9. The van der Waals surface area contributed by atoms with Crippen molar-refractivity contribution >= 4 is 70.0 Å². The molecule has 4 N–H and O–H groups in total. The summed E-state index contributed by atoms with van der Waals surface area (Å²) in [6.07, 6.45) is 2.60. The molecule has 180 valence electrons. The van der Waals surface area contributed by atoms with Gasteiger partial charge in [0.2, 0.25) is 17.7 Å². The number of carbonyl (C=O) groups excluding carboxylic acids is 3. The monoisotopic (exact) mass is 524 g/mol. The normalized spacial score (nSPS) is 10.4. The first-order valence-electron chi connectivity index (χ1n) is 9.76. The van der Waals surface area contributed by atoms with E-state index in [9.17, 15) is 14.4 Å². The van der Waals surface area contributed by atoms with Gasteiger partial charge in [0.25, 0.3) is 0 Å². The molecule has 0 radical (unpaired) electrons. The van der Waals surface area contributed by atoms with E-state index in [0.29, 0.717) is 27.8 Å². The predicted octanol–water partition coefficient (Wildman–Crippen LogP) is 3.46. The van der Waals surface area contributed by atoms with Crippen molar-refractivity contribution < 1.29 is 23.9 Å². The van der Waals surface area contributed by atoms with E-state index >= 15 is 0 Å². The third-order valence-electron chi connectivity index (χ3n) is 4.17. The van der Waals surface area contributed by atoms with Crippen LogP contribution < -0.4 is 31.0 Å². The van der Waals surface area contributed by atoms with Gasteiger partial charge in [0.1, 0.15) is 0 Å². The number of halogens is 2. The zero-order valence-corrected chi connectivity index (χ0v) is 20.6. The summed E-state index contributed by atoms with van der Waals surface area (Å²) in [5, 5.41) is 5.58. The molecule has 0 bridgehead atoms. The largest absolute Gasteiger partial charge is 0.493 e. The van der Waals surface area contributed by atoms with Gasteiger partial charge in [0.05, 0.1) is 24.9 Å². The lowest BCUT2D eigenvalue weighted by atomic mass is 10.2. The Morgan fingerprint density at radius 3 is 2.32 bits per heavy atom. The van der Waals surface area contributed by atoms with E-state index in [-0.39, 0.29) is 23.0 Å². The van der Waals surface area contributed by atoms with E-state index in [2.05, 4.69) is 21.5 Å². The van der Waals surface area contributed by atoms with Gasteiger partial charge in [-0.3, -0.25) is 30.6 Å². The van der Waals surface area contributed by atoms with Crippen LogP contribution in [0.25, 0.3) is 6.08 Å². The van der Waals surface area contributed by atoms with Gasteiger partial charge in [-0.15, -0.1) is 0 Å². The highest BCUT2D eigenvalue weighted by Gasteiger charge is 2.10. The lowest BCUT2D eigenvalue weighted by Crippen LogP contribution is -2.48. The lowest BCUT2D eigenvalue weighted by Gasteiger charge is -2.10. The van der Waals surface area contributed by atoms with Crippen LogP contribution in [0, 0.1) is 0 Å². The Morgan fingerprint density at radius 2 is 1.65 bits per heavy atom. The summed E-state index contributed by atoms with van der Waals surface area (Å²) in [6.45, 7) is 0. The van der Waals surface area contributed by atoms with E-state index in [0.717, 1.165) is 0 Å². The Labute approximate surface area is 211 Å². The van der Waals surface area contributed by atoms with Crippen molar-refractivity contribution in [2.75, 3.05) is 19.5 Å². The van der Waals surface area contributed by atoms with Crippen LogP contribution in [-0.2, 0) is 14.4 Å². The number of carbonyl (C=O) groups is 3. The molecule has 0 aliphatic carbocycles. The second-order valence-corrected chi connectivity index (χ2v) is 7.86. The molecule has 0 spiro atoms. The SMILES string of the molecule is COc1ccc(/C=C/C(=O)NC(=S)NNC(=O)CCC(=O)Nc2ccc(Cl)cc2Cl)cc1OC. The van der Waals surface area contributed by atoms with Gasteiger partial charge in [-0.05, 0) is 54.2 Å². The van der Waals surface area contributed by atoms with Crippen LogP contribution in [0.1, 0.15) is 18.4 Å². The van der Waals surface area contributed by atoms with Gasteiger partial charge in [-0.25, -0.2) is 0 Å². The van der Waals surface area contributed by atoms with E-state index in [1.165, 1.54) is 26.4 Å². The highest BCUT2D eigenvalue weighted by atomic mass is 35.5. The van der Waals surface area contributed by atoms with E-state index < -0.39 is 17.7 Å². The van der Waals surface area contributed by atoms with Crippen LogP contribution in [-0.4, -0.2) is 37.1 Å². The van der Waals surface area contributed by atoms with Crippen molar-refractivity contribution in [3.8, 4) is 11.5 Å². The molecule has 0 aliphatic heterocycles. The maximum absolute atomic E-state index is 12.0. The Balaban J connectivity index is 1.72. The van der Waals surface area contributed by atoms with Crippen LogP contribution in [0.15, 0.2) is 42.5 Å². The molecule has 0 saturated carbocycles. The Morgan fingerprint density at radius 1 is 0.941 bits per heavy atom. The van der Waals surface area contributed by atoms with Gasteiger partial charge in [-0.2, -0.15) is 0 Å². The van der Waals surface area contributed by atoms with Crippen molar-refractivity contribution in [2.45, 2.75) is 12.8 Å². The maximum atomic E-state index is 12.0. The van der Waals surface area contributed by atoms with Crippen LogP contribution in [0.5, 0.6) is 11.5 Å². The summed E-state index contributed by atoms with van der Waals surface area (Å²) in [7, 11) is 3.04. The van der Waals surface area contributed by atoms with Crippen LogP contribution in [0.2, 0.25) is 10.0 Å². The number of ether oxygens (including phenoxy) is 2. The van der Waals surface area contributed by atoms with Crippen LogP contribution in [0.4, 0.5) is 5.69 Å². The Hall–Kier alpha value is -3.34. The summed E-state index contributed by atoms with van der Waals surface area (Å²) < 4.78 is 10.4. The van der Waals surface area contributed by atoms with Gasteiger partial charge in [-0.1, -0.05) is 29.3 Å². The number of rotatable bonds is 8. The van der Waals surface area contributed by atoms with E-state index in [1.54, 1.807) is 36.4 Å². The lowest BCUT2D eigenvalue weighted by molar-refractivity contribution is -0.124. The molecule has 0 atom stereocenters. The smallest absolute Gasteiger partial charge is 0.250 e. The number of thiocarbonyl (C=S) groups is 1. The topological polar surface area (TPSA) is 118 Å². The van der Waals surface area contributed by atoms with Crippen molar-refractivity contribution in [1.29, 1.82) is 0 Å². The fourth-order valence-electron chi connectivity index (χ4n) is 2.53. The molecular weight excluding hydrogens is 503 g/mol. The fraction of sp³-hybridized carbons (Fsp3) is 0.182. The quantitative estimate of drug-likeness (QED) is 0.237. The molecule has 0 aromatic heterocycles. The standard InChI is InChI=1S/C22H22Cl2N4O5S/c1-32-17-7-3-13(11-18(17)33-2)4-8-20(30)26-22(34)28-27-21(31)10-9-19(29)25-16-6-5-14(23)12-15(16)24/h3-8,11-12H,9-10H2,1-2H3,(H,25,29)(H,27,31)(H2,26,28,30,34)/b8-4+. The van der Waals surface area contributed by atoms with Crippen molar-refractivity contribution in [2.24, 2.45) is 0 Å². The van der Waals surface area contributed by atoms with Gasteiger partial charge < -0.3 is 14.8 Å². The third kappa shape index (κ3) is 8.89. The van der Waals surface area contributed by atoms with Crippen molar-refractivity contribution in [3.63, 3.8) is 0 Å². The molecular formula is C22H22Cl2N4O5S. The molecule has 0 unspecified atom stereocenters. The molecule has 34 heavy (non-hydrogen) atoms. The van der Waals surface area contributed by atoms with Crippen LogP contribution in [0.3, 0.4) is 0 Å². The number of hydrogen-bond acceptors (Lipinski definition) is 6. The number of methoxy groups -OCH3 is 2. The molecule has 0 heterocycles. The highest BCUT2D eigenvalue weighted by Crippen LogP contribution is 2.28. The molecule has 9 nitrogen and oxygen atoms in total. The molecule has 3 amide bonds. The number of amides is 3. The third-order valence-corrected chi connectivity index (χ3v) is 4.92. The summed E-state index contributed by atoms with van der Waals surface area (Å²) in [4.78, 5) is 35.9. The van der Waals surface area contributed by atoms with E-state index in [1.807, 2.05) is 0 Å². The number of hydrogen-bond donors (Lipinski definition) is 4. The van der Waals surface area contributed by atoms with Gasteiger partial charge in [0.15, 0.2) is 16.6 Å². The van der Waals surface area contributed by atoms with Gasteiger partial charge >= 0.3 is 0 Å². The first-order valence-corrected chi connectivity index (χ1v) is 10.9. The van der Waals surface area contributed by atoms with Crippen LogP contribution >= 0.6 is 35.4 Å². The zero-order chi connectivity index (χ0) is 25.1. The summed E-state index contributed by atoms with van der Waals surface area (Å²) in [5.41, 5.74) is 5.80. The number of benzene rings is 2.